The molecule has 2 rings (SSSR count). The molecular formula is C13H16. The summed E-state index contributed by atoms with van der Waals surface area (Å²) >= 11 is 0. The average Bonchev–Trinajstić information content (AvgIpc) is 2.18. The van der Waals surface area contributed by atoms with Gasteiger partial charge in [-0.25, -0.2) is 0 Å². The Morgan fingerprint density at radius 3 is 2.77 bits per heavy atom. The fraction of sp³-hybridized carbons (Fsp3) is 0.385. The molecule has 0 aliphatic heterocycles. The summed E-state index contributed by atoms with van der Waals surface area (Å²) < 4.78 is 0. The molecule has 0 bridgehead atoms. The van der Waals surface area contributed by atoms with Crippen molar-refractivity contribution in [3.63, 3.8) is 0 Å². The zero-order chi connectivity index (χ0) is 9.26. The Morgan fingerprint density at radius 2 is 2.00 bits per heavy atom. The SMILES string of the molecule is CCC1c2ccccc2C=CC1C. The van der Waals surface area contributed by atoms with Crippen LogP contribution in [0.5, 0.6) is 0 Å². The average molecular weight is 172 g/mol. The molecule has 0 heteroatoms. The summed E-state index contributed by atoms with van der Waals surface area (Å²) in [4.78, 5) is 0. The number of rotatable bonds is 1. The van der Waals surface area contributed by atoms with Crippen molar-refractivity contribution in [3.05, 3.63) is 41.5 Å². The molecule has 1 aliphatic carbocycles. The number of hydrogen-bond donors (Lipinski definition) is 0. The highest BCUT2D eigenvalue weighted by atomic mass is 14.2. The second-order valence-corrected chi connectivity index (χ2v) is 3.86. The van der Waals surface area contributed by atoms with Crippen LogP contribution in [0.4, 0.5) is 0 Å². The fourth-order valence-corrected chi connectivity index (χ4v) is 2.26. The Morgan fingerprint density at radius 1 is 1.23 bits per heavy atom. The summed E-state index contributed by atoms with van der Waals surface area (Å²) in [6, 6.07) is 8.74. The molecule has 0 spiro atoms. The summed E-state index contributed by atoms with van der Waals surface area (Å²) in [5.74, 6) is 1.42. The Kier molecular flexibility index (Phi) is 2.22. The van der Waals surface area contributed by atoms with Crippen molar-refractivity contribution in [2.24, 2.45) is 5.92 Å². The van der Waals surface area contributed by atoms with Crippen molar-refractivity contribution in [1.82, 2.24) is 0 Å². The summed E-state index contributed by atoms with van der Waals surface area (Å²) in [7, 11) is 0. The van der Waals surface area contributed by atoms with Crippen LogP contribution in [0.25, 0.3) is 6.08 Å². The minimum absolute atomic E-state index is 0.694. The van der Waals surface area contributed by atoms with Gasteiger partial charge in [-0.05, 0) is 29.4 Å². The van der Waals surface area contributed by atoms with Gasteiger partial charge in [-0.1, -0.05) is 50.3 Å². The lowest BCUT2D eigenvalue weighted by atomic mass is 9.79. The second kappa shape index (κ2) is 3.37. The van der Waals surface area contributed by atoms with Crippen LogP contribution in [-0.2, 0) is 0 Å². The first-order chi connectivity index (χ1) is 6.33. The van der Waals surface area contributed by atoms with E-state index in [9.17, 15) is 0 Å². The van der Waals surface area contributed by atoms with Gasteiger partial charge < -0.3 is 0 Å². The maximum absolute atomic E-state index is 2.33. The summed E-state index contributed by atoms with van der Waals surface area (Å²) in [5.41, 5.74) is 2.94. The molecule has 0 amide bonds. The molecule has 0 saturated carbocycles. The van der Waals surface area contributed by atoms with Gasteiger partial charge >= 0.3 is 0 Å². The molecule has 1 aromatic carbocycles. The van der Waals surface area contributed by atoms with Gasteiger partial charge in [0.05, 0.1) is 0 Å². The quantitative estimate of drug-likeness (QED) is 0.603. The van der Waals surface area contributed by atoms with Crippen LogP contribution in [0.15, 0.2) is 30.3 Å². The first-order valence-electron chi connectivity index (χ1n) is 5.10. The Balaban J connectivity index is 2.47. The lowest BCUT2D eigenvalue weighted by Gasteiger charge is -2.26. The number of fused-ring (bicyclic) bond motifs is 1. The van der Waals surface area contributed by atoms with Crippen LogP contribution in [0, 0.1) is 5.92 Å². The van der Waals surface area contributed by atoms with E-state index >= 15 is 0 Å². The van der Waals surface area contributed by atoms with Crippen LogP contribution < -0.4 is 0 Å². The van der Waals surface area contributed by atoms with Gasteiger partial charge in [0.1, 0.15) is 0 Å². The van der Waals surface area contributed by atoms with E-state index in [1.165, 1.54) is 17.5 Å². The van der Waals surface area contributed by atoms with Crippen LogP contribution in [-0.4, -0.2) is 0 Å². The maximum Gasteiger partial charge on any atom is -0.00982 e. The van der Waals surface area contributed by atoms with E-state index < -0.39 is 0 Å². The molecule has 1 aromatic rings. The molecule has 0 nitrogen and oxygen atoms in total. The normalized spacial score (nSPS) is 25.7. The van der Waals surface area contributed by atoms with E-state index in [4.69, 9.17) is 0 Å². The zero-order valence-corrected chi connectivity index (χ0v) is 8.33. The van der Waals surface area contributed by atoms with Gasteiger partial charge in [-0.15, -0.1) is 0 Å². The van der Waals surface area contributed by atoms with Crippen molar-refractivity contribution in [2.45, 2.75) is 26.2 Å². The summed E-state index contributed by atoms with van der Waals surface area (Å²) in [5, 5.41) is 0. The molecule has 1 aliphatic rings. The third kappa shape index (κ3) is 1.41. The van der Waals surface area contributed by atoms with E-state index in [0.29, 0.717) is 5.92 Å². The minimum Gasteiger partial charge on any atom is -0.0805 e. The Bertz CT molecular complexity index is 323. The van der Waals surface area contributed by atoms with Crippen molar-refractivity contribution >= 4 is 6.08 Å². The van der Waals surface area contributed by atoms with Crippen LogP contribution in [0.3, 0.4) is 0 Å². The van der Waals surface area contributed by atoms with Crippen molar-refractivity contribution < 1.29 is 0 Å². The molecule has 0 radical (unpaired) electrons. The highest BCUT2D eigenvalue weighted by Crippen LogP contribution is 2.35. The number of benzene rings is 1. The predicted molar refractivity (Wildman–Crippen MR) is 57.7 cm³/mol. The second-order valence-electron chi connectivity index (χ2n) is 3.86. The highest BCUT2D eigenvalue weighted by molar-refractivity contribution is 5.58. The first-order valence-corrected chi connectivity index (χ1v) is 5.10. The smallest absolute Gasteiger partial charge is 0.00982 e. The predicted octanol–water partition coefficient (Wildman–Crippen LogP) is 3.84. The highest BCUT2D eigenvalue weighted by Gasteiger charge is 2.20. The lowest BCUT2D eigenvalue weighted by molar-refractivity contribution is 0.526. The van der Waals surface area contributed by atoms with Gasteiger partial charge in [0.15, 0.2) is 0 Å². The monoisotopic (exact) mass is 172 g/mol. The van der Waals surface area contributed by atoms with Crippen LogP contribution in [0.1, 0.15) is 37.3 Å². The van der Waals surface area contributed by atoms with Crippen LogP contribution >= 0.6 is 0 Å². The van der Waals surface area contributed by atoms with Gasteiger partial charge in [-0.3, -0.25) is 0 Å². The van der Waals surface area contributed by atoms with E-state index in [1.807, 2.05) is 0 Å². The van der Waals surface area contributed by atoms with E-state index in [2.05, 4.69) is 50.3 Å². The number of hydrogen-bond acceptors (Lipinski definition) is 0. The zero-order valence-electron chi connectivity index (χ0n) is 8.33. The standard InChI is InChI=1S/C13H16/c1-3-12-10(2)8-9-11-6-4-5-7-13(11)12/h4-10,12H,3H2,1-2H3. The van der Waals surface area contributed by atoms with Crippen LogP contribution in [0.2, 0.25) is 0 Å². The molecule has 0 saturated heterocycles. The third-order valence-corrected chi connectivity index (χ3v) is 3.05. The molecule has 0 fully saturated rings. The molecule has 68 valence electrons. The lowest BCUT2D eigenvalue weighted by Crippen LogP contribution is -2.11. The molecule has 0 aromatic heterocycles. The molecule has 0 heterocycles. The summed E-state index contributed by atoms with van der Waals surface area (Å²) in [6.07, 6.45) is 5.82. The molecule has 0 N–H and O–H groups in total. The minimum atomic E-state index is 0.694. The Hall–Kier alpha value is -1.04. The van der Waals surface area contributed by atoms with Gasteiger partial charge in [0.2, 0.25) is 0 Å². The largest absolute Gasteiger partial charge is 0.0805 e. The molecule has 2 unspecified atom stereocenters. The summed E-state index contributed by atoms with van der Waals surface area (Å²) in [6.45, 7) is 4.58. The van der Waals surface area contributed by atoms with E-state index in [1.54, 1.807) is 0 Å². The molecular weight excluding hydrogens is 156 g/mol. The van der Waals surface area contributed by atoms with Crippen molar-refractivity contribution in [3.8, 4) is 0 Å². The number of allylic oxidation sites excluding steroid dienone is 1. The first kappa shape index (κ1) is 8.55. The Labute approximate surface area is 80.3 Å². The topological polar surface area (TPSA) is 0 Å². The van der Waals surface area contributed by atoms with E-state index in [-0.39, 0.29) is 0 Å². The van der Waals surface area contributed by atoms with Crippen molar-refractivity contribution in [1.29, 1.82) is 0 Å². The molecule has 13 heavy (non-hydrogen) atoms. The van der Waals surface area contributed by atoms with Gasteiger partial charge in [-0.2, -0.15) is 0 Å². The van der Waals surface area contributed by atoms with E-state index in [0.717, 1.165) is 5.92 Å². The third-order valence-electron chi connectivity index (χ3n) is 3.05. The van der Waals surface area contributed by atoms with Gasteiger partial charge in [0, 0.05) is 0 Å². The fourth-order valence-electron chi connectivity index (χ4n) is 2.26. The van der Waals surface area contributed by atoms with Crippen molar-refractivity contribution in [2.75, 3.05) is 0 Å². The maximum atomic E-state index is 2.33. The van der Waals surface area contributed by atoms with Gasteiger partial charge in [0.25, 0.3) is 0 Å². The molecule has 2 atom stereocenters.